The molecule has 0 atom stereocenters. The molecule has 0 amide bonds. The maximum atomic E-state index is 14.3. The Kier molecular flexibility index (Phi) is 7.63. The summed E-state index contributed by atoms with van der Waals surface area (Å²) in [6.07, 6.45) is 0. The van der Waals surface area contributed by atoms with Crippen LogP contribution in [0.4, 0.5) is 10.1 Å². The van der Waals surface area contributed by atoms with Crippen LogP contribution in [-0.4, -0.2) is 23.7 Å². The molecule has 0 heterocycles. The lowest BCUT2D eigenvalue weighted by Crippen LogP contribution is -2.34. The average Bonchev–Trinajstić information content (AvgIpc) is 2.76. The quantitative estimate of drug-likeness (QED) is 0.474. The molecule has 0 aliphatic heterocycles. The molecular formula is C24H25FN2O2S. The zero-order valence-electron chi connectivity index (χ0n) is 17.1. The van der Waals surface area contributed by atoms with Gasteiger partial charge in [0.1, 0.15) is 17.3 Å². The van der Waals surface area contributed by atoms with E-state index < -0.39 is 0 Å². The van der Waals surface area contributed by atoms with Gasteiger partial charge in [-0.1, -0.05) is 42.5 Å². The molecule has 0 aliphatic rings. The first-order valence-electron chi connectivity index (χ1n) is 9.74. The number of nitrogens with one attached hydrogen (secondary N) is 1. The Labute approximate surface area is 182 Å². The van der Waals surface area contributed by atoms with Gasteiger partial charge in [-0.15, -0.1) is 0 Å². The molecule has 0 radical (unpaired) electrons. The van der Waals surface area contributed by atoms with E-state index in [1.54, 1.807) is 19.2 Å². The highest BCUT2D eigenvalue weighted by molar-refractivity contribution is 7.80. The van der Waals surface area contributed by atoms with E-state index in [0.29, 0.717) is 30.4 Å². The first-order valence-corrected chi connectivity index (χ1v) is 10.2. The standard InChI is InChI=1S/C24H25FN2O2S/c1-3-29-23-11-7-6-10-22(23)26-24(30)27(17-19-8-4-5-9-21(19)25)16-18-12-14-20(28-2)15-13-18/h4-15H,3,16-17H2,1-2H3,(H,26,30). The second kappa shape index (κ2) is 10.6. The van der Waals surface area contributed by atoms with Crippen molar-refractivity contribution in [3.05, 3.63) is 89.7 Å². The van der Waals surface area contributed by atoms with Crippen molar-refractivity contribution in [2.24, 2.45) is 0 Å². The van der Waals surface area contributed by atoms with Gasteiger partial charge in [0.25, 0.3) is 0 Å². The molecule has 6 heteroatoms. The molecule has 0 spiro atoms. The van der Waals surface area contributed by atoms with Crippen molar-refractivity contribution in [2.75, 3.05) is 19.0 Å². The average molecular weight is 425 g/mol. The molecule has 0 fully saturated rings. The Hall–Kier alpha value is -3.12. The first kappa shape index (κ1) is 21.6. The fourth-order valence-electron chi connectivity index (χ4n) is 3.03. The summed E-state index contributed by atoms with van der Waals surface area (Å²) in [6, 6.07) is 22.1. The van der Waals surface area contributed by atoms with Crippen molar-refractivity contribution in [3.8, 4) is 11.5 Å². The molecular weight excluding hydrogens is 399 g/mol. The van der Waals surface area contributed by atoms with Crippen LogP contribution in [0.1, 0.15) is 18.1 Å². The van der Waals surface area contributed by atoms with E-state index in [-0.39, 0.29) is 5.82 Å². The van der Waals surface area contributed by atoms with Crippen molar-refractivity contribution in [1.82, 2.24) is 4.90 Å². The predicted octanol–water partition coefficient (Wildman–Crippen LogP) is 5.63. The van der Waals surface area contributed by atoms with E-state index in [0.717, 1.165) is 22.7 Å². The Morgan fingerprint density at radius 3 is 2.37 bits per heavy atom. The van der Waals surface area contributed by atoms with Gasteiger partial charge in [-0.2, -0.15) is 0 Å². The normalized spacial score (nSPS) is 10.4. The van der Waals surface area contributed by atoms with Crippen LogP contribution in [0, 0.1) is 5.82 Å². The molecule has 3 aromatic rings. The van der Waals surface area contributed by atoms with Gasteiger partial charge in [0.2, 0.25) is 0 Å². The van der Waals surface area contributed by atoms with Crippen molar-refractivity contribution < 1.29 is 13.9 Å². The topological polar surface area (TPSA) is 33.7 Å². The van der Waals surface area contributed by atoms with Gasteiger partial charge in [0, 0.05) is 18.7 Å². The molecule has 4 nitrogen and oxygen atoms in total. The summed E-state index contributed by atoms with van der Waals surface area (Å²) in [5.74, 6) is 1.25. The number of para-hydroxylation sites is 2. The number of benzene rings is 3. The van der Waals surface area contributed by atoms with Crippen LogP contribution in [0.3, 0.4) is 0 Å². The van der Waals surface area contributed by atoms with E-state index in [9.17, 15) is 4.39 Å². The van der Waals surface area contributed by atoms with Gasteiger partial charge in [-0.3, -0.25) is 0 Å². The van der Waals surface area contributed by atoms with Gasteiger partial charge in [-0.25, -0.2) is 4.39 Å². The van der Waals surface area contributed by atoms with Crippen LogP contribution in [0.15, 0.2) is 72.8 Å². The van der Waals surface area contributed by atoms with E-state index in [1.165, 1.54) is 6.07 Å². The summed E-state index contributed by atoms with van der Waals surface area (Å²) >= 11 is 5.70. The molecule has 0 aliphatic carbocycles. The number of ether oxygens (including phenoxy) is 2. The van der Waals surface area contributed by atoms with Crippen LogP contribution in [0.5, 0.6) is 11.5 Å². The number of halogens is 1. The minimum atomic E-state index is -0.255. The Morgan fingerprint density at radius 1 is 0.967 bits per heavy atom. The van der Waals surface area contributed by atoms with Crippen LogP contribution in [0.2, 0.25) is 0 Å². The number of rotatable bonds is 8. The number of hydrogen-bond donors (Lipinski definition) is 1. The molecule has 0 unspecified atom stereocenters. The predicted molar refractivity (Wildman–Crippen MR) is 122 cm³/mol. The van der Waals surface area contributed by atoms with Crippen LogP contribution in [0.25, 0.3) is 0 Å². The zero-order chi connectivity index (χ0) is 21.3. The molecule has 3 rings (SSSR count). The van der Waals surface area contributed by atoms with Gasteiger partial charge < -0.3 is 19.7 Å². The minimum absolute atomic E-state index is 0.255. The van der Waals surface area contributed by atoms with Gasteiger partial charge >= 0.3 is 0 Å². The number of nitrogens with zero attached hydrogens (tertiary/aromatic N) is 1. The Morgan fingerprint density at radius 2 is 1.67 bits per heavy atom. The highest BCUT2D eigenvalue weighted by Gasteiger charge is 2.15. The second-order valence-corrected chi connectivity index (χ2v) is 7.04. The van der Waals surface area contributed by atoms with Crippen LogP contribution < -0.4 is 14.8 Å². The fraction of sp³-hybridized carbons (Fsp3) is 0.208. The lowest BCUT2D eigenvalue weighted by molar-refractivity contribution is 0.341. The SMILES string of the molecule is CCOc1ccccc1NC(=S)N(Cc1ccc(OC)cc1)Cc1ccccc1F. The monoisotopic (exact) mass is 424 g/mol. The summed E-state index contributed by atoms with van der Waals surface area (Å²) in [4.78, 5) is 1.93. The Balaban J connectivity index is 1.84. The van der Waals surface area contributed by atoms with Crippen molar-refractivity contribution in [2.45, 2.75) is 20.0 Å². The molecule has 0 aromatic heterocycles. The second-order valence-electron chi connectivity index (χ2n) is 6.65. The molecule has 30 heavy (non-hydrogen) atoms. The highest BCUT2D eigenvalue weighted by atomic mass is 32.1. The number of anilines is 1. The number of methoxy groups -OCH3 is 1. The summed E-state index contributed by atoms with van der Waals surface area (Å²) in [5, 5.41) is 3.75. The third-order valence-corrected chi connectivity index (χ3v) is 4.93. The molecule has 0 saturated heterocycles. The molecule has 156 valence electrons. The lowest BCUT2D eigenvalue weighted by Gasteiger charge is -2.27. The van der Waals surface area contributed by atoms with E-state index in [2.05, 4.69) is 5.32 Å². The molecule has 3 aromatic carbocycles. The molecule has 0 bridgehead atoms. The van der Waals surface area contributed by atoms with Crippen LogP contribution >= 0.6 is 12.2 Å². The van der Waals surface area contributed by atoms with E-state index >= 15 is 0 Å². The summed E-state index contributed by atoms with van der Waals surface area (Å²) < 4.78 is 25.2. The highest BCUT2D eigenvalue weighted by Crippen LogP contribution is 2.25. The third kappa shape index (κ3) is 5.70. The molecule has 0 saturated carbocycles. The minimum Gasteiger partial charge on any atom is -0.497 e. The van der Waals surface area contributed by atoms with Crippen molar-refractivity contribution in [3.63, 3.8) is 0 Å². The van der Waals surface area contributed by atoms with Crippen molar-refractivity contribution >= 4 is 23.0 Å². The number of thiocarbonyl (C=S) groups is 1. The van der Waals surface area contributed by atoms with Gasteiger partial charge in [0.15, 0.2) is 5.11 Å². The fourth-order valence-corrected chi connectivity index (χ4v) is 3.27. The smallest absolute Gasteiger partial charge is 0.174 e. The molecule has 1 N–H and O–H groups in total. The zero-order valence-corrected chi connectivity index (χ0v) is 17.9. The van der Waals surface area contributed by atoms with Gasteiger partial charge in [-0.05, 0) is 55.0 Å². The van der Waals surface area contributed by atoms with Gasteiger partial charge in [0.05, 0.1) is 19.4 Å². The summed E-state index contributed by atoms with van der Waals surface area (Å²) in [7, 11) is 1.63. The third-order valence-electron chi connectivity index (χ3n) is 4.57. The largest absolute Gasteiger partial charge is 0.497 e. The maximum Gasteiger partial charge on any atom is 0.174 e. The lowest BCUT2D eigenvalue weighted by atomic mass is 10.1. The van der Waals surface area contributed by atoms with E-state index in [4.69, 9.17) is 21.7 Å². The Bertz CT molecular complexity index is 979. The van der Waals surface area contributed by atoms with Crippen molar-refractivity contribution in [1.29, 1.82) is 0 Å². The van der Waals surface area contributed by atoms with E-state index in [1.807, 2.05) is 66.4 Å². The summed E-state index contributed by atoms with van der Waals surface area (Å²) in [6.45, 7) is 3.34. The first-order chi connectivity index (χ1) is 14.6. The number of hydrogen-bond acceptors (Lipinski definition) is 3. The van der Waals surface area contributed by atoms with Crippen LogP contribution in [-0.2, 0) is 13.1 Å². The maximum absolute atomic E-state index is 14.3. The summed E-state index contributed by atoms with van der Waals surface area (Å²) in [5.41, 5.74) is 2.39.